The molecule has 0 bridgehead atoms. The summed E-state index contributed by atoms with van der Waals surface area (Å²) in [5.41, 5.74) is 8.50. The van der Waals surface area contributed by atoms with Crippen LogP contribution >= 0.6 is 0 Å². The normalized spacial score (nSPS) is 21.5. The molecule has 1 nitrogen and oxygen atoms in total. The van der Waals surface area contributed by atoms with E-state index >= 15 is 0 Å². The molecular formula is C9H11N. The molecule has 0 aliphatic heterocycles. The van der Waals surface area contributed by atoms with Gasteiger partial charge in [-0.05, 0) is 24.1 Å². The maximum absolute atomic E-state index is 5.55. The second kappa shape index (κ2) is 2.10. The molecular weight excluding hydrogens is 122 g/mol. The lowest BCUT2D eigenvalue weighted by Gasteiger charge is -2.28. The van der Waals surface area contributed by atoms with E-state index in [1.807, 2.05) is 0 Å². The third-order valence-electron chi connectivity index (χ3n) is 2.25. The summed E-state index contributed by atoms with van der Waals surface area (Å²) in [5, 5.41) is 0. The number of rotatable bonds is 1. The minimum absolute atomic E-state index is 0.649. The van der Waals surface area contributed by atoms with Crippen molar-refractivity contribution in [2.45, 2.75) is 12.3 Å². The highest BCUT2D eigenvalue weighted by atomic mass is 14.6. The second-order valence-electron chi connectivity index (χ2n) is 2.84. The average Bonchev–Trinajstić information content (AvgIpc) is 1.92. The summed E-state index contributed by atoms with van der Waals surface area (Å²) in [7, 11) is 0. The van der Waals surface area contributed by atoms with Crippen LogP contribution in [0.2, 0.25) is 0 Å². The van der Waals surface area contributed by atoms with Gasteiger partial charge in [0.15, 0.2) is 0 Å². The zero-order chi connectivity index (χ0) is 6.97. The molecule has 1 aromatic carbocycles. The summed E-state index contributed by atoms with van der Waals surface area (Å²) in [6, 6.07) is 8.53. The van der Waals surface area contributed by atoms with Gasteiger partial charge in [-0.3, -0.25) is 0 Å². The van der Waals surface area contributed by atoms with E-state index in [4.69, 9.17) is 5.73 Å². The third-order valence-corrected chi connectivity index (χ3v) is 2.25. The van der Waals surface area contributed by atoms with Gasteiger partial charge in [-0.25, -0.2) is 0 Å². The molecule has 1 heteroatoms. The lowest BCUT2D eigenvalue weighted by atomic mass is 9.78. The first kappa shape index (κ1) is 5.93. The van der Waals surface area contributed by atoms with Crippen molar-refractivity contribution < 1.29 is 0 Å². The molecule has 0 fully saturated rings. The Morgan fingerprint density at radius 2 is 2.20 bits per heavy atom. The Bertz CT molecular complexity index is 242. The predicted octanol–water partition coefficient (Wildman–Crippen LogP) is 1.28. The number of hydrogen-bond acceptors (Lipinski definition) is 1. The first-order chi connectivity index (χ1) is 4.92. The third kappa shape index (κ3) is 0.673. The molecule has 0 unspecified atom stereocenters. The zero-order valence-corrected chi connectivity index (χ0v) is 5.88. The molecule has 10 heavy (non-hydrogen) atoms. The Labute approximate surface area is 60.9 Å². The minimum atomic E-state index is 0.649. The van der Waals surface area contributed by atoms with Gasteiger partial charge in [-0.2, -0.15) is 0 Å². The molecule has 1 aromatic rings. The van der Waals surface area contributed by atoms with Crippen molar-refractivity contribution in [2.24, 2.45) is 5.73 Å². The zero-order valence-electron chi connectivity index (χ0n) is 5.88. The van der Waals surface area contributed by atoms with Gasteiger partial charge in [-0.15, -0.1) is 0 Å². The fraction of sp³-hybridized carbons (Fsp3) is 0.333. The SMILES string of the molecule is NC[C@H]1Cc2ccccc21. The average molecular weight is 133 g/mol. The summed E-state index contributed by atoms with van der Waals surface area (Å²) in [4.78, 5) is 0. The maximum atomic E-state index is 5.55. The van der Waals surface area contributed by atoms with Crippen LogP contribution in [0.4, 0.5) is 0 Å². The van der Waals surface area contributed by atoms with Crippen molar-refractivity contribution in [2.75, 3.05) is 6.54 Å². The van der Waals surface area contributed by atoms with Crippen LogP contribution in [0.3, 0.4) is 0 Å². The Morgan fingerprint density at radius 1 is 1.40 bits per heavy atom. The lowest BCUT2D eigenvalue weighted by molar-refractivity contribution is 0.618. The Hall–Kier alpha value is -0.820. The van der Waals surface area contributed by atoms with E-state index in [1.54, 1.807) is 0 Å². The molecule has 0 amide bonds. The number of hydrogen-bond donors (Lipinski definition) is 1. The molecule has 0 spiro atoms. The van der Waals surface area contributed by atoms with Gasteiger partial charge >= 0.3 is 0 Å². The fourth-order valence-electron chi connectivity index (χ4n) is 1.57. The molecule has 1 aliphatic carbocycles. The van der Waals surface area contributed by atoms with Crippen LogP contribution in [0.1, 0.15) is 17.0 Å². The summed E-state index contributed by atoms with van der Waals surface area (Å²) >= 11 is 0. The summed E-state index contributed by atoms with van der Waals surface area (Å²) < 4.78 is 0. The van der Waals surface area contributed by atoms with Crippen LogP contribution in [-0.4, -0.2) is 6.54 Å². The lowest BCUT2D eigenvalue weighted by Crippen LogP contribution is -2.24. The van der Waals surface area contributed by atoms with Crippen LogP contribution in [-0.2, 0) is 6.42 Å². The molecule has 2 rings (SSSR count). The van der Waals surface area contributed by atoms with E-state index in [-0.39, 0.29) is 0 Å². The molecule has 0 aromatic heterocycles. The Kier molecular flexibility index (Phi) is 1.24. The highest BCUT2D eigenvalue weighted by Crippen LogP contribution is 2.33. The van der Waals surface area contributed by atoms with Crippen molar-refractivity contribution in [1.29, 1.82) is 0 Å². The quantitative estimate of drug-likeness (QED) is 0.613. The Balaban J connectivity index is 2.34. The molecule has 0 saturated carbocycles. The second-order valence-corrected chi connectivity index (χ2v) is 2.84. The topological polar surface area (TPSA) is 26.0 Å². The largest absolute Gasteiger partial charge is 0.330 e. The van der Waals surface area contributed by atoms with Crippen LogP contribution in [0.25, 0.3) is 0 Å². The monoisotopic (exact) mass is 133 g/mol. The van der Waals surface area contributed by atoms with Crippen LogP contribution in [0, 0.1) is 0 Å². The summed E-state index contributed by atoms with van der Waals surface area (Å²) in [6.45, 7) is 0.803. The molecule has 0 saturated heterocycles. The summed E-state index contributed by atoms with van der Waals surface area (Å²) in [5.74, 6) is 0.649. The van der Waals surface area contributed by atoms with Crippen LogP contribution < -0.4 is 5.73 Å². The molecule has 1 aliphatic rings. The molecule has 52 valence electrons. The summed E-state index contributed by atoms with van der Waals surface area (Å²) in [6.07, 6.45) is 1.19. The van der Waals surface area contributed by atoms with Crippen LogP contribution in [0.15, 0.2) is 24.3 Å². The highest BCUT2D eigenvalue weighted by molar-refractivity contribution is 5.39. The van der Waals surface area contributed by atoms with Crippen LogP contribution in [0.5, 0.6) is 0 Å². The Morgan fingerprint density at radius 3 is 2.90 bits per heavy atom. The first-order valence-corrected chi connectivity index (χ1v) is 3.69. The van der Waals surface area contributed by atoms with E-state index < -0.39 is 0 Å². The number of nitrogens with two attached hydrogens (primary N) is 1. The van der Waals surface area contributed by atoms with E-state index in [0.29, 0.717) is 5.92 Å². The standard InChI is InChI=1S/C9H11N/c10-6-8-5-7-3-1-2-4-9(7)8/h1-4,8H,5-6,10H2/t8-/m1/s1. The van der Waals surface area contributed by atoms with E-state index in [1.165, 1.54) is 17.5 Å². The highest BCUT2D eigenvalue weighted by Gasteiger charge is 2.22. The van der Waals surface area contributed by atoms with Gasteiger partial charge < -0.3 is 5.73 Å². The minimum Gasteiger partial charge on any atom is -0.330 e. The van der Waals surface area contributed by atoms with E-state index in [0.717, 1.165) is 6.54 Å². The van der Waals surface area contributed by atoms with Crippen molar-refractivity contribution in [3.63, 3.8) is 0 Å². The van der Waals surface area contributed by atoms with Gasteiger partial charge in [0.2, 0.25) is 0 Å². The molecule has 1 atom stereocenters. The van der Waals surface area contributed by atoms with Crippen molar-refractivity contribution in [3.05, 3.63) is 35.4 Å². The van der Waals surface area contributed by atoms with Gasteiger partial charge in [0.05, 0.1) is 0 Å². The first-order valence-electron chi connectivity index (χ1n) is 3.69. The van der Waals surface area contributed by atoms with Gasteiger partial charge in [0.1, 0.15) is 0 Å². The number of fused-ring (bicyclic) bond motifs is 1. The van der Waals surface area contributed by atoms with Crippen molar-refractivity contribution in [3.8, 4) is 0 Å². The molecule has 2 N–H and O–H groups in total. The van der Waals surface area contributed by atoms with E-state index in [9.17, 15) is 0 Å². The van der Waals surface area contributed by atoms with Gasteiger partial charge in [0, 0.05) is 5.92 Å². The molecule has 0 radical (unpaired) electrons. The van der Waals surface area contributed by atoms with E-state index in [2.05, 4.69) is 24.3 Å². The van der Waals surface area contributed by atoms with Crippen molar-refractivity contribution in [1.82, 2.24) is 0 Å². The van der Waals surface area contributed by atoms with Gasteiger partial charge in [0.25, 0.3) is 0 Å². The fourth-order valence-corrected chi connectivity index (χ4v) is 1.57. The number of benzene rings is 1. The smallest absolute Gasteiger partial charge is 0.000440 e. The maximum Gasteiger partial charge on any atom is 0.000440 e. The predicted molar refractivity (Wildman–Crippen MR) is 41.9 cm³/mol. The molecule has 0 heterocycles. The van der Waals surface area contributed by atoms with Gasteiger partial charge in [-0.1, -0.05) is 24.3 Å². The van der Waals surface area contributed by atoms with Crippen molar-refractivity contribution >= 4 is 0 Å².